The maximum Gasteiger partial charge on any atom is 0.0577 e. The van der Waals surface area contributed by atoms with Crippen molar-refractivity contribution in [3.05, 3.63) is 11.6 Å². The Morgan fingerprint density at radius 1 is 1.00 bits per heavy atom. The van der Waals surface area contributed by atoms with E-state index in [2.05, 4.69) is 47.6 Å². The second-order valence-corrected chi connectivity index (χ2v) is 12.9. The van der Waals surface area contributed by atoms with Crippen molar-refractivity contribution >= 4 is 0 Å². The quantitative estimate of drug-likeness (QED) is 0.436. The molecule has 0 radical (unpaired) electrons. The van der Waals surface area contributed by atoms with Crippen molar-refractivity contribution in [2.75, 3.05) is 0 Å². The Hall–Kier alpha value is -0.300. The van der Waals surface area contributed by atoms with Crippen LogP contribution < -0.4 is 0 Å². The highest BCUT2D eigenvalue weighted by Gasteiger charge is 2.59. The third-order valence-corrected chi connectivity index (χ3v) is 11.3. The number of aliphatic hydroxyl groups excluding tert-OH is 1. The summed E-state index contributed by atoms with van der Waals surface area (Å²) >= 11 is 0. The van der Waals surface area contributed by atoms with E-state index in [1.165, 1.54) is 57.8 Å². The van der Waals surface area contributed by atoms with Crippen LogP contribution in [0.1, 0.15) is 112 Å². The van der Waals surface area contributed by atoms with Crippen LogP contribution in [0.3, 0.4) is 0 Å². The summed E-state index contributed by atoms with van der Waals surface area (Å²) in [6, 6.07) is 0. The lowest BCUT2D eigenvalue weighted by atomic mass is 9.47. The molecule has 9 atom stereocenters. The predicted octanol–water partition coefficient (Wildman–Crippen LogP) is 8.02. The van der Waals surface area contributed by atoms with Crippen LogP contribution in [0.15, 0.2) is 11.6 Å². The van der Waals surface area contributed by atoms with Crippen molar-refractivity contribution in [1.29, 1.82) is 0 Å². The molecule has 3 unspecified atom stereocenters. The second kappa shape index (κ2) is 8.57. The molecule has 4 aliphatic rings. The first-order valence-corrected chi connectivity index (χ1v) is 13.6. The number of fused-ring (bicyclic) bond motifs is 5. The molecule has 0 spiro atoms. The Morgan fingerprint density at radius 2 is 1.77 bits per heavy atom. The van der Waals surface area contributed by atoms with E-state index in [0.29, 0.717) is 10.8 Å². The summed E-state index contributed by atoms with van der Waals surface area (Å²) in [5, 5.41) is 10.2. The van der Waals surface area contributed by atoms with Crippen molar-refractivity contribution in [2.24, 2.45) is 52.3 Å². The highest BCUT2D eigenvalue weighted by Crippen LogP contribution is 2.67. The first-order valence-electron chi connectivity index (χ1n) is 13.6. The molecular formula is C29H50O. The molecule has 0 aromatic rings. The first-order chi connectivity index (χ1) is 14.2. The van der Waals surface area contributed by atoms with Crippen LogP contribution in [-0.2, 0) is 0 Å². The van der Waals surface area contributed by atoms with Gasteiger partial charge in [0.15, 0.2) is 0 Å². The zero-order chi connectivity index (χ0) is 21.7. The summed E-state index contributed by atoms with van der Waals surface area (Å²) in [5.74, 6) is 6.31. The van der Waals surface area contributed by atoms with Gasteiger partial charge in [-0.2, -0.15) is 0 Å². The molecule has 0 heterocycles. The fraction of sp³-hybridized carbons (Fsp3) is 0.931. The number of hydrogen-bond acceptors (Lipinski definition) is 1. The van der Waals surface area contributed by atoms with Gasteiger partial charge in [0.2, 0.25) is 0 Å². The molecule has 3 fully saturated rings. The minimum atomic E-state index is -0.0794. The standard InChI is InChI=1S/C29H50O/c1-7-21(19(2)3)9-8-20(4)25-12-13-26-24-11-10-22-18-23(30)14-16-28(22,5)27(24)15-17-29(25,26)6/h10,19-21,23-27,30H,7-9,11-18H2,1-6H3/t20-,21+,23+,24?,25-,26?,27?,28+,29-/m1/s1. The van der Waals surface area contributed by atoms with Gasteiger partial charge in [-0.25, -0.2) is 0 Å². The summed E-state index contributed by atoms with van der Waals surface area (Å²) in [4.78, 5) is 0. The van der Waals surface area contributed by atoms with Crippen molar-refractivity contribution in [3.8, 4) is 0 Å². The Balaban J connectivity index is 1.47. The highest BCUT2D eigenvalue weighted by atomic mass is 16.3. The molecule has 0 aromatic heterocycles. The van der Waals surface area contributed by atoms with Crippen LogP contribution in [0.25, 0.3) is 0 Å². The van der Waals surface area contributed by atoms with Crippen LogP contribution in [0.2, 0.25) is 0 Å². The van der Waals surface area contributed by atoms with Gasteiger partial charge >= 0.3 is 0 Å². The van der Waals surface area contributed by atoms with E-state index in [1.807, 2.05) is 0 Å². The van der Waals surface area contributed by atoms with Crippen LogP contribution >= 0.6 is 0 Å². The zero-order valence-corrected chi connectivity index (χ0v) is 20.9. The molecule has 172 valence electrons. The van der Waals surface area contributed by atoms with E-state index in [9.17, 15) is 5.11 Å². The van der Waals surface area contributed by atoms with Crippen molar-refractivity contribution in [3.63, 3.8) is 0 Å². The van der Waals surface area contributed by atoms with Gasteiger partial charge in [0, 0.05) is 0 Å². The molecule has 1 nitrogen and oxygen atoms in total. The Morgan fingerprint density at radius 3 is 2.47 bits per heavy atom. The molecule has 0 aliphatic heterocycles. The average Bonchev–Trinajstić information content (AvgIpc) is 3.06. The van der Waals surface area contributed by atoms with Gasteiger partial charge in [0.25, 0.3) is 0 Å². The summed E-state index contributed by atoms with van der Waals surface area (Å²) in [5.41, 5.74) is 2.59. The fourth-order valence-electron chi connectivity index (χ4n) is 9.30. The van der Waals surface area contributed by atoms with Gasteiger partial charge in [0.05, 0.1) is 6.10 Å². The summed E-state index contributed by atoms with van der Waals surface area (Å²) < 4.78 is 0. The molecule has 1 heteroatoms. The van der Waals surface area contributed by atoms with E-state index < -0.39 is 0 Å². The lowest BCUT2D eigenvalue weighted by molar-refractivity contribution is -0.0575. The molecule has 30 heavy (non-hydrogen) atoms. The molecule has 4 aliphatic carbocycles. The van der Waals surface area contributed by atoms with Crippen molar-refractivity contribution in [1.82, 2.24) is 0 Å². The average molecular weight is 415 g/mol. The highest BCUT2D eigenvalue weighted by molar-refractivity contribution is 5.25. The molecular weight excluding hydrogens is 364 g/mol. The molecule has 0 aromatic carbocycles. The Labute approximate surface area is 187 Å². The van der Waals surface area contributed by atoms with Crippen LogP contribution in [0, 0.1) is 52.3 Å². The first kappa shape index (κ1) is 22.9. The van der Waals surface area contributed by atoms with Crippen LogP contribution in [-0.4, -0.2) is 11.2 Å². The smallest absolute Gasteiger partial charge is 0.0577 e. The molecule has 4 rings (SSSR count). The minimum Gasteiger partial charge on any atom is -0.393 e. The lowest BCUT2D eigenvalue weighted by Crippen LogP contribution is -2.50. The number of aliphatic hydroxyl groups is 1. The molecule has 0 amide bonds. The fourth-order valence-corrected chi connectivity index (χ4v) is 9.30. The van der Waals surface area contributed by atoms with Gasteiger partial charge in [-0.05, 0) is 110 Å². The number of allylic oxidation sites excluding steroid dienone is 1. The monoisotopic (exact) mass is 414 g/mol. The molecule has 0 saturated heterocycles. The van der Waals surface area contributed by atoms with Crippen molar-refractivity contribution < 1.29 is 5.11 Å². The van der Waals surface area contributed by atoms with Gasteiger partial charge in [-0.3, -0.25) is 0 Å². The Bertz CT molecular complexity index is 634. The maximum atomic E-state index is 10.2. The Kier molecular flexibility index (Phi) is 6.53. The largest absolute Gasteiger partial charge is 0.393 e. The van der Waals surface area contributed by atoms with Gasteiger partial charge in [-0.1, -0.05) is 66.0 Å². The third-order valence-electron chi connectivity index (χ3n) is 11.3. The van der Waals surface area contributed by atoms with Crippen LogP contribution in [0.5, 0.6) is 0 Å². The normalized spacial score (nSPS) is 45.3. The summed E-state index contributed by atoms with van der Waals surface area (Å²) in [7, 11) is 0. The third kappa shape index (κ3) is 3.74. The summed E-state index contributed by atoms with van der Waals surface area (Å²) in [6.45, 7) is 15.1. The van der Waals surface area contributed by atoms with Gasteiger partial charge < -0.3 is 5.11 Å². The lowest BCUT2D eigenvalue weighted by Gasteiger charge is -2.58. The van der Waals surface area contributed by atoms with E-state index in [0.717, 1.165) is 54.3 Å². The molecule has 1 N–H and O–H groups in total. The maximum absolute atomic E-state index is 10.2. The number of rotatable bonds is 6. The molecule has 3 saturated carbocycles. The van der Waals surface area contributed by atoms with E-state index >= 15 is 0 Å². The molecule has 0 bridgehead atoms. The predicted molar refractivity (Wildman–Crippen MR) is 128 cm³/mol. The number of hydrogen-bond donors (Lipinski definition) is 1. The van der Waals surface area contributed by atoms with Crippen molar-refractivity contribution in [2.45, 2.75) is 118 Å². The van der Waals surface area contributed by atoms with Gasteiger partial charge in [0.1, 0.15) is 0 Å². The minimum absolute atomic E-state index is 0.0794. The summed E-state index contributed by atoms with van der Waals surface area (Å²) in [6.07, 6.45) is 17.1. The topological polar surface area (TPSA) is 20.2 Å². The van der Waals surface area contributed by atoms with E-state index in [-0.39, 0.29) is 6.10 Å². The van der Waals surface area contributed by atoms with Gasteiger partial charge in [-0.15, -0.1) is 0 Å². The van der Waals surface area contributed by atoms with E-state index in [4.69, 9.17) is 0 Å². The second-order valence-electron chi connectivity index (χ2n) is 12.9. The zero-order valence-electron chi connectivity index (χ0n) is 20.9. The van der Waals surface area contributed by atoms with E-state index in [1.54, 1.807) is 5.57 Å². The van der Waals surface area contributed by atoms with Crippen LogP contribution in [0.4, 0.5) is 0 Å². The SMILES string of the molecule is CC[C@@H](CC[C@@H](C)[C@H]1CCC2C3CC=C4C[C@@H](O)CC[C@]4(C)C3CC[C@@]21C)C(C)C.